The maximum Gasteiger partial charge on any atom is 0.337 e. The Kier molecular flexibility index (Phi) is 5.16. The van der Waals surface area contributed by atoms with Crippen LogP contribution in [0.2, 0.25) is 0 Å². The smallest absolute Gasteiger partial charge is 0.337 e. The van der Waals surface area contributed by atoms with Gasteiger partial charge in [0.1, 0.15) is 0 Å². The highest BCUT2D eigenvalue weighted by Gasteiger charge is 2.38. The molecule has 1 aliphatic heterocycles. The number of fused-ring (bicyclic) bond motifs is 1. The molecule has 2 aliphatic carbocycles. The zero-order valence-electron chi connectivity index (χ0n) is 15.8. The zero-order chi connectivity index (χ0) is 18.8. The van der Waals surface area contributed by atoms with Gasteiger partial charge in [-0.15, -0.1) is 0 Å². The third-order valence-corrected chi connectivity index (χ3v) is 5.67. The standard InChI is InChI=1S/C21H27N3O3/c1-2-27-20(25)17-12-22-21(26)23-18(17)13-24(15-10-11-15)19-9-5-7-14-6-3-4-8-16(14)19/h3-4,6,8,15,19H,2,5,7,9-13H2,1H3,(H2,22,23,26). The van der Waals surface area contributed by atoms with E-state index in [1.54, 1.807) is 6.92 Å². The van der Waals surface area contributed by atoms with Gasteiger partial charge in [-0.25, -0.2) is 9.59 Å². The molecule has 4 rings (SSSR count). The van der Waals surface area contributed by atoms with E-state index in [0.717, 1.165) is 12.8 Å². The molecule has 6 nitrogen and oxygen atoms in total. The van der Waals surface area contributed by atoms with E-state index in [9.17, 15) is 9.59 Å². The quantitative estimate of drug-likeness (QED) is 0.757. The highest BCUT2D eigenvalue weighted by atomic mass is 16.5. The molecule has 1 unspecified atom stereocenters. The molecular formula is C21H27N3O3. The minimum Gasteiger partial charge on any atom is -0.463 e. The summed E-state index contributed by atoms with van der Waals surface area (Å²) < 4.78 is 5.20. The van der Waals surface area contributed by atoms with Crippen molar-refractivity contribution in [1.29, 1.82) is 0 Å². The summed E-state index contributed by atoms with van der Waals surface area (Å²) in [4.78, 5) is 26.8. The van der Waals surface area contributed by atoms with Gasteiger partial charge in [0.15, 0.2) is 0 Å². The zero-order valence-corrected chi connectivity index (χ0v) is 15.8. The number of esters is 1. The van der Waals surface area contributed by atoms with Crippen LogP contribution < -0.4 is 10.6 Å². The second-order valence-corrected chi connectivity index (χ2v) is 7.50. The molecule has 1 atom stereocenters. The third-order valence-electron chi connectivity index (χ3n) is 5.67. The van der Waals surface area contributed by atoms with Gasteiger partial charge in [-0.1, -0.05) is 24.3 Å². The lowest BCUT2D eigenvalue weighted by Gasteiger charge is -2.37. The summed E-state index contributed by atoms with van der Waals surface area (Å²) in [5.41, 5.74) is 4.04. The molecule has 1 aromatic carbocycles. The molecule has 0 bridgehead atoms. The Balaban J connectivity index is 1.63. The lowest BCUT2D eigenvalue weighted by atomic mass is 9.86. The molecule has 0 aromatic heterocycles. The largest absolute Gasteiger partial charge is 0.463 e. The van der Waals surface area contributed by atoms with E-state index in [1.807, 2.05) is 0 Å². The van der Waals surface area contributed by atoms with Gasteiger partial charge in [-0.05, 0) is 50.2 Å². The predicted octanol–water partition coefficient (Wildman–Crippen LogP) is 2.66. The van der Waals surface area contributed by atoms with Crippen molar-refractivity contribution in [3.8, 4) is 0 Å². The molecule has 1 heterocycles. The van der Waals surface area contributed by atoms with E-state index in [2.05, 4.69) is 39.8 Å². The van der Waals surface area contributed by atoms with Crippen molar-refractivity contribution in [3.63, 3.8) is 0 Å². The number of carbonyl (C=O) groups is 2. The van der Waals surface area contributed by atoms with Gasteiger partial charge in [0.25, 0.3) is 0 Å². The first-order chi connectivity index (χ1) is 13.2. The number of carbonyl (C=O) groups excluding carboxylic acids is 2. The Hall–Kier alpha value is -2.34. The number of hydrogen-bond donors (Lipinski definition) is 2. The van der Waals surface area contributed by atoms with Gasteiger partial charge in [-0.2, -0.15) is 0 Å². The van der Waals surface area contributed by atoms with Gasteiger partial charge in [0.05, 0.1) is 18.7 Å². The van der Waals surface area contributed by atoms with Crippen LogP contribution >= 0.6 is 0 Å². The number of urea groups is 1. The van der Waals surface area contributed by atoms with E-state index in [4.69, 9.17) is 4.74 Å². The van der Waals surface area contributed by atoms with Gasteiger partial charge in [0.2, 0.25) is 0 Å². The fraction of sp³-hybridized carbons (Fsp3) is 0.524. The van der Waals surface area contributed by atoms with Crippen LogP contribution in [0.4, 0.5) is 4.79 Å². The average molecular weight is 369 g/mol. The van der Waals surface area contributed by atoms with Crippen molar-refractivity contribution in [2.24, 2.45) is 0 Å². The molecule has 0 spiro atoms. The number of aryl methyl sites for hydroxylation is 1. The van der Waals surface area contributed by atoms with Gasteiger partial charge in [-0.3, -0.25) is 4.90 Å². The Morgan fingerprint density at radius 1 is 1.26 bits per heavy atom. The second kappa shape index (κ2) is 7.72. The van der Waals surface area contributed by atoms with Gasteiger partial charge in [0, 0.05) is 24.3 Å². The summed E-state index contributed by atoms with van der Waals surface area (Å²) >= 11 is 0. The molecule has 27 heavy (non-hydrogen) atoms. The van der Waals surface area contributed by atoms with E-state index < -0.39 is 0 Å². The average Bonchev–Trinajstić information content (AvgIpc) is 3.51. The van der Waals surface area contributed by atoms with E-state index in [-0.39, 0.29) is 18.5 Å². The first kappa shape index (κ1) is 18.0. The number of ether oxygens (including phenoxy) is 1. The molecule has 2 N–H and O–H groups in total. The van der Waals surface area contributed by atoms with Crippen molar-refractivity contribution in [1.82, 2.24) is 15.5 Å². The van der Waals surface area contributed by atoms with Gasteiger partial charge < -0.3 is 15.4 Å². The maximum absolute atomic E-state index is 12.4. The van der Waals surface area contributed by atoms with Crippen LogP contribution in [0.5, 0.6) is 0 Å². The highest BCUT2D eigenvalue weighted by molar-refractivity contribution is 5.93. The normalized spacial score (nSPS) is 22.1. The molecule has 6 heteroatoms. The van der Waals surface area contributed by atoms with E-state index in [1.165, 1.54) is 30.4 Å². The number of hydrogen-bond acceptors (Lipinski definition) is 4. The van der Waals surface area contributed by atoms with Crippen LogP contribution in [0.15, 0.2) is 35.5 Å². The lowest BCUT2D eigenvalue weighted by Crippen LogP contribution is -2.47. The Labute approximate surface area is 159 Å². The molecule has 1 aromatic rings. The van der Waals surface area contributed by atoms with Crippen molar-refractivity contribution in [3.05, 3.63) is 46.7 Å². The van der Waals surface area contributed by atoms with Gasteiger partial charge >= 0.3 is 12.0 Å². The minimum atomic E-state index is -0.347. The summed E-state index contributed by atoms with van der Waals surface area (Å²) in [5.74, 6) is -0.347. The van der Waals surface area contributed by atoms with Crippen LogP contribution in [-0.2, 0) is 16.0 Å². The van der Waals surface area contributed by atoms with Crippen LogP contribution in [0.3, 0.4) is 0 Å². The number of nitrogens with zero attached hydrogens (tertiary/aromatic N) is 1. The molecule has 0 radical (unpaired) electrons. The molecule has 0 saturated heterocycles. The predicted molar refractivity (Wildman–Crippen MR) is 102 cm³/mol. The van der Waals surface area contributed by atoms with Crippen molar-refractivity contribution >= 4 is 12.0 Å². The fourth-order valence-electron chi connectivity index (χ4n) is 4.24. The summed E-state index contributed by atoms with van der Waals surface area (Å²) in [6, 6.07) is 9.28. The summed E-state index contributed by atoms with van der Waals surface area (Å²) in [6.45, 7) is 2.92. The van der Waals surface area contributed by atoms with Crippen molar-refractivity contribution < 1.29 is 14.3 Å². The van der Waals surface area contributed by atoms with Crippen LogP contribution in [0.25, 0.3) is 0 Å². The molecule has 2 amide bonds. The minimum absolute atomic E-state index is 0.222. The number of nitrogens with one attached hydrogen (secondary N) is 2. The molecular weight excluding hydrogens is 342 g/mol. The third kappa shape index (κ3) is 3.86. The molecule has 1 saturated carbocycles. The first-order valence-corrected chi connectivity index (χ1v) is 9.95. The highest BCUT2D eigenvalue weighted by Crippen LogP contribution is 2.41. The number of amides is 2. The Bertz CT molecular complexity index is 770. The SMILES string of the molecule is CCOC(=O)C1=C(CN(C2CC2)C2CCCc3ccccc32)NC(=O)NC1. The lowest BCUT2D eigenvalue weighted by molar-refractivity contribution is -0.138. The van der Waals surface area contributed by atoms with Crippen LogP contribution in [-0.4, -0.2) is 42.6 Å². The molecule has 3 aliphatic rings. The molecule has 144 valence electrons. The van der Waals surface area contributed by atoms with Crippen LogP contribution in [0.1, 0.15) is 49.8 Å². The first-order valence-electron chi connectivity index (χ1n) is 9.95. The van der Waals surface area contributed by atoms with Crippen molar-refractivity contribution in [2.75, 3.05) is 19.7 Å². The van der Waals surface area contributed by atoms with Crippen molar-refractivity contribution in [2.45, 2.75) is 51.1 Å². The molecule has 1 fully saturated rings. The van der Waals surface area contributed by atoms with E-state index in [0.29, 0.717) is 36.5 Å². The number of benzene rings is 1. The summed E-state index contributed by atoms with van der Waals surface area (Å²) in [5, 5.41) is 5.56. The summed E-state index contributed by atoms with van der Waals surface area (Å²) in [7, 11) is 0. The Morgan fingerprint density at radius 3 is 2.85 bits per heavy atom. The Morgan fingerprint density at radius 2 is 2.07 bits per heavy atom. The van der Waals surface area contributed by atoms with Crippen LogP contribution in [0, 0.1) is 0 Å². The number of rotatable bonds is 6. The monoisotopic (exact) mass is 369 g/mol. The fourth-order valence-corrected chi connectivity index (χ4v) is 4.24. The second-order valence-electron chi connectivity index (χ2n) is 7.50. The van der Waals surface area contributed by atoms with E-state index >= 15 is 0 Å². The summed E-state index contributed by atoms with van der Waals surface area (Å²) in [6.07, 6.45) is 5.76. The topological polar surface area (TPSA) is 70.7 Å². The maximum atomic E-state index is 12.4.